The van der Waals surface area contributed by atoms with Crippen LogP contribution in [0.3, 0.4) is 0 Å². The fourth-order valence-electron chi connectivity index (χ4n) is 3.43. The number of hydrogen-bond donors (Lipinski definition) is 2. The zero-order valence-electron chi connectivity index (χ0n) is 19.4. The van der Waals surface area contributed by atoms with Gasteiger partial charge in [-0.1, -0.05) is 13.8 Å². The van der Waals surface area contributed by atoms with Gasteiger partial charge < -0.3 is 19.8 Å². The van der Waals surface area contributed by atoms with Crippen molar-refractivity contribution in [2.24, 2.45) is 0 Å². The van der Waals surface area contributed by atoms with Gasteiger partial charge in [-0.15, -0.1) is 0 Å². The van der Waals surface area contributed by atoms with Crippen LogP contribution in [0.2, 0.25) is 0 Å². The van der Waals surface area contributed by atoms with Gasteiger partial charge in [0.1, 0.15) is 11.4 Å². The predicted molar refractivity (Wildman–Crippen MR) is 122 cm³/mol. The molecule has 1 aromatic heterocycles. The van der Waals surface area contributed by atoms with Crippen molar-refractivity contribution in [1.82, 2.24) is 9.29 Å². The molecule has 0 unspecified atom stereocenters. The second-order valence-electron chi connectivity index (χ2n) is 6.98. The fraction of sp³-hybridized carbons (Fsp3) is 0.455. The van der Waals surface area contributed by atoms with E-state index in [4.69, 9.17) is 9.47 Å². The van der Waals surface area contributed by atoms with Gasteiger partial charge in [-0.3, -0.25) is 4.79 Å². The second-order valence-corrected chi connectivity index (χ2v) is 8.92. The number of nitrogens with one attached hydrogen (secondary N) is 2. The molecule has 176 valence electrons. The number of aromatic nitrogens is 1. The van der Waals surface area contributed by atoms with E-state index in [2.05, 4.69) is 10.3 Å². The third-order valence-electron chi connectivity index (χ3n) is 4.99. The highest BCUT2D eigenvalue weighted by Gasteiger charge is 2.26. The highest BCUT2D eigenvalue weighted by Crippen LogP contribution is 2.30. The molecule has 1 amide bonds. The lowest BCUT2D eigenvalue weighted by Gasteiger charge is -2.20. The summed E-state index contributed by atoms with van der Waals surface area (Å²) in [5.41, 5.74) is 1.66. The first-order valence-corrected chi connectivity index (χ1v) is 12.0. The number of esters is 1. The molecule has 1 aromatic carbocycles. The van der Waals surface area contributed by atoms with Crippen molar-refractivity contribution in [3.63, 3.8) is 0 Å². The number of benzene rings is 1. The Kier molecular flexibility index (Phi) is 8.45. The van der Waals surface area contributed by atoms with E-state index in [-0.39, 0.29) is 22.9 Å². The summed E-state index contributed by atoms with van der Waals surface area (Å²) >= 11 is 0. The molecule has 10 heteroatoms. The molecule has 0 aliphatic heterocycles. The Morgan fingerprint density at radius 2 is 1.72 bits per heavy atom. The molecule has 0 saturated carbocycles. The average Bonchev–Trinajstić information content (AvgIpc) is 3.04. The Morgan fingerprint density at radius 1 is 1.06 bits per heavy atom. The van der Waals surface area contributed by atoms with E-state index in [9.17, 15) is 18.0 Å². The van der Waals surface area contributed by atoms with Crippen molar-refractivity contribution < 1.29 is 27.5 Å². The molecule has 1 heterocycles. The summed E-state index contributed by atoms with van der Waals surface area (Å²) < 4.78 is 37.8. The Bertz CT molecular complexity index is 1090. The van der Waals surface area contributed by atoms with Crippen LogP contribution in [-0.2, 0) is 14.8 Å². The van der Waals surface area contributed by atoms with Gasteiger partial charge in [0.05, 0.1) is 29.4 Å². The molecule has 2 aromatic rings. The summed E-state index contributed by atoms with van der Waals surface area (Å²) in [5, 5.41) is 2.72. The monoisotopic (exact) mass is 465 g/mol. The van der Waals surface area contributed by atoms with Gasteiger partial charge in [-0.25, -0.2) is 13.2 Å². The highest BCUT2D eigenvalue weighted by atomic mass is 32.2. The minimum absolute atomic E-state index is 0.0477. The first-order chi connectivity index (χ1) is 15.1. The van der Waals surface area contributed by atoms with Crippen LogP contribution in [0.4, 0.5) is 5.69 Å². The number of aromatic amines is 1. The second kappa shape index (κ2) is 10.6. The normalized spacial score (nSPS) is 11.5. The molecule has 0 radical (unpaired) electrons. The van der Waals surface area contributed by atoms with Crippen LogP contribution in [-0.4, -0.2) is 55.9 Å². The lowest BCUT2D eigenvalue weighted by atomic mass is 10.1. The molecule has 0 aliphatic rings. The van der Waals surface area contributed by atoms with Gasteiger partial charge >= 0.3 is 5.97 Å². The molecule has 0 atom stereocenters. The first kappa shape index (κ1) is 25.4. The number of carbonyl (C=O) groups is 2. The van der Waals surface area contributed by atoms with Gasteiger partial charge in [0.2, 0.25) is 10.0 Å². The van der Waals surface area contributed by atoms with Crippen molar-refractivity contribution in [1.29, 1.82) is 0 Å². The molecule has 0 spiro atoms. The Labute approximate surface area is 189 Å². The van der Waals surface area contributed by atoms with Gasteiger partial charge in [-0.05, 0) is 51.5 Å². The molecule has 9 nitrogen and oxygen atoms in total. The van der Waals surface area contributed by atoms with Crippen LogP contribution in [0.1, 0.15) is 59.8 Å². The number of nitrogens with zero attached hydrogens (tertiary/aromatic N) is 1. The molecule has 0 bridgehead atoms. The van der Waals surface area contributed by atoms with Crippen molar-refractivity contribution in [2.45, 2.75) is 46.4 Å². The maximum Gasteiger partial charge on any atom is 0.340 e. The van der Waals surface area contributed by atoms with Crippen molar-refractivity contribution in [3.8, 4) is 5.75 Å². The van der Waals surface area contributed by atoms with Gasteiger partial charge in [0, 0.05) is 18.8 Å². The topological polar surface area (TPSA) is 118 Å². The van der Waals surface area contributed by atoms with E-state index >= 15 is 0 Å². The summed E-state index contributed by atoms with van der Waals surface area (Å²) in [6, 6.07) is 4.36. The maximum absolute atomic E-state index is 13.0. The lowest BCUT2D eigenvalue weighted by Crippen LogP contribution is -2.30. The number of anilines is 1. The summed E-state index contributed by atoms with van der Waals surface area (Å²) in [4.78, 5) is 28.2. The largest absolute Gasteiger partial charge is 0.492 e. The van der Waals surface area contributed by atoms with E-state index in [1.807, 2.05) is 0 Å². The van der Waals surface area contributed by atoms with Crippen LogP contribution in [0.15, 0.2) is 23.1 Å². The van der Waals surface area contributed by atoms with Crippen LogP contribution >= 0.6 is 0 Å². The van der Waals surface area contributed by atoms with E-state index < -0.39 is 21.9 Å². The summed E-state index contributed by atoms with van der Waals surface area (Å²) in [5.74, 6) is -0.703. The molecule has 2 rings (SSSR count). The minimum atomic E-state index is -3.73. The molecular formula is C22H31N3O6S. The summed E-state index contributed by atoms with van der Waals surface area (Å²) in [6.45, 7) is 11.5. The summed E-state index contributed by atoms with van der Waals surface area (Å²) in [6.07, 6.45) is 0. The number of hydrogen-bond acceptors (Lipinski definition) is 6. The number of H-pyrrole nitrogens is 1. The van der Waals surface area contributed by atoms with Gasteiger partial charge in [0.25, 0.3) is 5.91 Å². The van der Waals surface area contributed by atoms with Gasteiger partial charge in [-0.2, -0.15) is 4.31 Å². The zero-order chi connectivity index (χ0) is 24.1. The van der Waals surface area contributed by atoms with Crippen molar-refractivity contribution in [3.05, 3.63) is 40.7 Å². The zero-order valence-corrected chi connectivity index (χ0v) is 20.2. The highest BCUT2D eigenvalue weighted by molar-refractivity contribution is 7.89. The van der Waals surface area contributed by atoms with Crippen LogP contribution in [0, 0.1) is 13.8 Å². The number of carbonyl (C=O) groups excluding carboxylic acids is 2. The number of sulfonamides is 1. The van der Waals surface area contributed by atoms with Crippen LogP contribution < -0.4 is 10.1 Å². The van der Waals surface area contributed by atoms with Crippen molar-refractivity contribution >= 4 is 27.6 Å². The van der Waals surface area contributed by atoms with Crippen LogP contribution in [0.25, 0.3) is 0 Å². The van der Waals surface area contributed by atoms with Gasteiger partial charge in [0.15, 0.2) is 0 Å². The molecule has 0 aliphatic carbocycles. The third kappa shape index (κ3) is 5.13. The SMILES string of the molecule is CCOC(=O)c1c(C)[nH]c(C(=O)Nc2cc(S(=O)(=O)N(CC)CC)ccc2OCC)c1C. The lowest BCUT2D eigenvalue weighted by molar-refractivity contribution is 0.0525. The van der Waals surface area contributed by atoms with E-state index in [0.717, 1.165) is 0 Å². The summed E-state index contributed by atoms with van der Waals surface area (Å²) in [7, 11) is -3.73. The molecule has 2 N–H and O–H groups in total. The molecule has 32 heavy (non-hydrogen) atoms. The first-order valence-electron chi connectivity index (χ1n) is 10.6. The Balaban J connectivity index is 2.46. The minimum Gasteiger partial charge on any atom is -0.492 e. The fourth-order valence-corrected chi connectivity index (χ4v) is 4.92. The maximum atomic E-state index is 13.0. The molecule has 0 fully saturated rings. The number of rotatable bonds is 10. The standard InChI is InChI=1S/C22H31N3O6S/c1-7-25(8-2)32(28,29)16-11-12-18(30-9-3)17(13-16)24-21(26)20-14(5)19(15(6)23-20)22(27)31-10-4/h11-13,23H,7-10H2,1-6H3,(H,24,26). The molecule has 0 saturated heterocycles. The number of amides is 1. The smallest absolute Gasteiger partial charge is 0.340 e. The Hall–Kier alpha value is -2.85. The van der Waals surface area contributed by atoms with E-state index in [1.165, 1.54) is 22.5 Å². The average molecular weight is 466 g/mol. The number of aryl methyl sites for hydroxylation is 1. The predicted octanol–water partition coefficient (Wildman–Crippen LogP) is 3.49. The quantitative estimate of drug-likeness (QED) is 0.519. The van der Waals surface area contributed by atoms with Crippen LogP contribution in [0.5, 0.6) is 5.75 Å². The van der Waals surface area contributed by atoms with E-state index in [0.29, 0.717) is 42.3 Å². The Morgan fingerprint density at radius 3 is 2.28 bits per heavy atom. The number of ether oxygens (including phenoxy) is 2. The third-order valence-corrected chi connectivity index (χ3v) is 7.03. The van der Waals surface area contributed by atoms with Crippen molar-refractivity contribution in [2.75, 3.05) is 31.6 Å². The molecular weight excluding hydrogens is 434 g/mol. The van der Waals surface area contributed by atoms with E-state index in [1.54, 1.807) is 41.5 Å².